The van der Waals surface area contributed by atoms with Crippen molar-refractivity contribution in [3.05, 3.63) is 130 Å². The van der Waals surface area contributed by atoms with Crippen LogP contribution in [0.3, 0.4) is 0 Å². The summed E-state index contributed by atoms with van der Waals surface area (Å²) >= 11 is 0. The molecule has 0 fully saturated rings. The van der Waals surface area contributed by atoms with Gasteiger partial charge in [0.1, 0.15) is 24.2 Å². The fourth-order valence-electron chi connectivity index (χ4n) is 9.70. The smallest absolute Gasteiger partial charge is 0.279 e. The zero-order valence-corrected chi connectivity index (χ0v) is 45.5. The molecule has 398 valence electrons. The number of hydrogen-bond acceptors (Lipinski definition) is 17. The Hall–Kier alpha value is -6.56. The van der Waals surface area contributed by atoms with Crippen molar-refractivity contribution in [1.29, 1.82) is 0 Å². The maximum absolute atomic E-state index is 14.1. The number of anilines is 3. The fraction of sp³-hybridized carbons (Fsp3) is 0.333. The van der Waals surface area contributed by atoms with Gasteiger partial charge in [0.25, 0.3) is 32.1 Å². The van der Waals surface area contributed by atoms with Gasteiger partial charge < -0.3 is 19.5 Å². The number of ether oxygens (including phenoxy) is 3. The number of Topliss-reactive ketones (excluding diaryl/α,β-unsaturated/α-hetero) is 1. The molecule has 0 saturated heterocycles. The van der Waals surface area contributed by atoms with Crippen LogP contribution in [0.25, 0.3) is 0 Å². The Bertz CT molecular complexity index is 3410. The number of ketones is 1. The predicted molar refractivity (Wildman–Crippen MR) is 295 cm³/mol. The number of methoxy groups -OCH3 is 1. The highest BCUT2D eigenvalue weighted by Gasteiger charge is 2.39. The second-order valence-electron chi connectivity index (χ2n) is 18.3. The molecule has 4 atom stereocenters. The van der Waals surface area contributed by atoms with Gasteiger partial charge in [-0.15, -0.1) is 0 Å². The van der Waals surface area contributed by atoms with Gasteiger partial charge in [-0.2, -0.15) is 16.8 Å². The van der Waals surface area contributed by atoms with Crippen molar-refractivity contribution in [3.63, 3.8) is 0 Å². The average Bonchev–Trinajstić information content (AvgIpc) is 3.98. The summed E-state index contributed by atoms with van der Waals surface area (Å²) in [5, 5.41) is -0.211. The minimum Gasteiger partial charge on any atom is -0.493 e. The normalized spacial score (nSPS) is 17.1. The second-order valence-corrected chi connectivity index (χ2v) is 24.8. The molecule has 22 heteroatoms. The van der Waals surface area contributed by atoms with Gasteiger partial charge in [-0.3, -0.25) is 47.3 Å². The maximum Gasteiger partial charge on any atom is 0.279 e. The first-order valence-corrected chi connectivity index (χ1v) is 29.8. The molecular weight excluding hydrogens is 1050 g/mol. The SMILES string of the molecule is CCC(=O)C(CCSSCCC(C(=O)Nc1cc(COc2cc3c(cc2C)C(=O)N2c4ccccc4C[C@H]2C=N3)cc(COc2cc3c(cc2OC)C(=O)N2c4ccccc4C[C@H]2C=N3)c1)S(=O)(=O)OC)S(=O)(=O)OC. The van der Waals surface area contributed by atoms with E-state index in [1.165, 1.54) is 28.7 Å². The van der Waals surface area contributed by atoms with Crippen LogP contribution in [-0.4, -0.2) is 108 Å². The van der Waals surface area contributed by atoms with E-state index in [2.05, 4.69) is 9.50 Å². The average molecular weight is 1110 g/mol. The minimum absolute atomic E-state index is 0.0113. The number of aliphatic imine (C=N–C) groups is 2. The quantitative estimate of drug-likeness (QED) is 0.0389. The third-order valence-corrected chi connectivity index (χ3v) is 19.3. The minimum atomic E-state index is -4.43. The molecule has 0 saturated carbocycles. The van der Waals surface area contributed by atoms with Gasteiger partial charge in [0.2, 0.25) is 5.91 Å². The fourth-order valence-corrected chi connectivity index (χ4v) is 14.3. The van der Waals surface area contributed by atoms with Crippen molar-refractivity contribution in [3.8, 4) is 17.2 Å². The van der Waals surface area contributed by atoms with E-state index in [1.54, 1.807) is 71.6 Å². The molecule has 0 aliphatic carbocycles. The number of amides is 3. The van der Waals surface area contributed by atoms with Crippen LogP contribution in [0.2, 0.25) is 0 Å². The lowest BCUT2D eigenvalue weighted by Gasteiger charge is -2.22. The summed E-state index contributed by atoms with van der Waals surface area (Å²) < 4.78 is 79.4. The molecule has 0 aromatic heterocycles. The summed E-state index contributed by atoms with van der Waals surface area (Å²) in [4.78, 5) is 67.6. The molecule has 0 spiro atoms. The highest BCUT2D eigenvalue weighted by Crippen LogP contribution is 2.42. The van der Waals surface area contributed by atoms with Crippen LogP contribution >= 0.6 is 21.6 Å². The van der Waals surface area contributed by atoms with Gasteiger partial charge in [0.15, 0.2) is 22.5 Å². The summed E-state index contributed by atoms with van der Waals surface area (Å²) in [6, 6.07) is 26.9. The highest BCUT2D eigenvalue weighted by atomic mass is 33.1. The number of nitrogens with zero attached hydrogens (tertiary/aromatic N) is 4. The van der Waals surface area contributed by atoms with E-state index in [9.17, 15) is 36.0 Å². The van der Waals surface area contributed by atoms with E-state index in [0.29, 0.717) is 57.8 Å². The zero-order valence-electron chi connectivity index (χ0n) is 42.2. The molecule has 0 radical (unpaired) electrons. The van der Waals surface area contributed by atoms with Gasteiger partial charge in [-0.1, -0.05) is 64.9 Å². The zero-order chi connectivity index (χ0) is 53.9. The Morgan fingerprint density at radius 3 is 1.71 bits per heavy atom. The first kappa shape index (κ1) is 54.2. The summed E-state index contributed by atoms with van der Waals surface area (Å²) in [6.07, 6.45) is 4.65. The number of fused-ring (bicyclic) bond motifs is 8. The number of nitrogens with one attached hydrogen (secondary N) is 1. The van der Waals surface area contributed by atoms with Gasteiger partial charge in [-0.25, -0.2) is 0 Å². The summed E-state index contributed by atoms with van der Waals surface area (Å²) in [5.41, 5.74) is 7.41. The van der Waals surface area contributed by atoms with Crippen molar-refractivity contribution >= 4 is 106 Å². The molecule has 3 amide bonds. The molecule has 5 aromatic rings. The van der Waals surface area contributed by atoms with E-state index < -0.39 is 42.4 Å². The highest BCUT2D eigenvalue weighted by molar-refractivity contribution is 8.76. The maximum atomic E-state index is 14.1. The van der Waals surface area contributed by atoms with Crippen molar-refractivity contribution in [2.75, 3.05) is 48.0 Å². The van der Waals surface area contributed by atoms with E-state index in [1.807, 2.05) is 55.5 Å². The standard InChI is InChI=1S/C54H55N5O13S4/c1-6-46(60)50(75(64,65)69-4)15-17-73-74-18-16-51(76(66,67)70-5)52(61)57-37-21-33(30-71-47-26-42-40(19-32(47)2)53(62)58-38(28-55-42)23-35-11-7-9-13-44(35)58)20-34(22-37)31-72-49-27-43-41(25-48(49)68-3)54(63)59-39(29-56-43)24-36-12-8-10-14-45(36)59/h7-14,19-22,25-29,38-39,50-51H,6,15-18,23-24,30-31H2,1-5H3,(H,57,61)/t38-,39-,50?,51?/m0/s1. The first-order valence-electron chi connectivity index (χ1n) is 24.4. The van der Waals surface area contributed by atoms with Crippen molar-refractivity contribution in [2.45, 2.75) is 81.7 Å². The van der Waals surface area contributed by atoms with Crippen LogP contribution in [0.15, 0.2) is 101 Å². The van der Waals surface area contributed by atoms with E-state index in [0.717, 1.165) is 36.7 Å². The van der Waals surface area contributed by atoms with E-state index >= 15 is 0 Å². The molecular formula is C54H55N5O13S4. The van der Waals surface area contributed by atoms with Crippen molar-refractivity contribution in [2.24, 2.45) is 9.98 Å². The lowest BCUT2D eigenvalue weighted by Crippen LogP contribution is -2.37. The topological polar surface area (TPSA) is 226 Å². The predicted octanol–water partition coefficient (Wildman–Crippen LogP) is 8.51. The summed E-state index contributed by atoms with van der Waals surface area (Å²) in [6.45, 7) is 3.27. The van der Waals surface area contributed by atoms with Crippen LogP contribution in [-0.2, 0) is 64.2 Å². The number of carbonyl (C=O) groups excluding carboxylic acids is 4. The number of benzene rings is 5. The van der Waals surface area contributed by atoms with Gasteiger partial charge in [-0.05, 0) is 90.0 Å². The molecule has 4 heterocycles. The Kier molecular flexibility index (Phi) is 16.4. The molecule has 18 nitrogen and oxygen atoms in total. The molecule has 1 N–H and O–H groups in total. The number of rotatable bonds is 22. The van der Waals surface area contributed by atoms with Crippen molar-refractivity contribution < 1.29 is 58.6 Å². The number of aryl methyl sites for hydroxylation is 1. The second kappa shape index (κ2) is 23.0. The molecule has 0 bridgehead atoms. The van der Waals surface area contributed by atoms with Crippen LogP contribution in [0.4, 0.5) is 28.4 Å². The summed E-state index contributed by atoms with van der Waals surface area (Å²) in [7, 11) is -2.63. The Morgan fingerprint density at radius 2 is 1.17 bits per heavy atom. The number of hydrogen-bond donors (Lipinski definition) is 1. The van der Waals surface area contributed by atoms with Gasteiger partial charge in [0.05, 0.1) is 55.9 Å². The Labute approximate surface area is 449 Å². The number of para-hydroxylation sites is 2. The Balaban J connectivity index is 0.953. The van der Waals surface area contributed by atoms with Gasteiger partial charge in [0, 0.05) is 72.4 Å². The lowest BCUT2D eigenvalue weighted by molar-refractivity contribution is -0.118. The third-order valence-electron chi connectivity index (χ3n) is 13.5. The molecule has 2 unspecified atom stereocenters. The molecule has 76 heavy (non-hydrogen) atoms. The molecule has 4 aliphatic rings. The molecule has 4 aliphatic heterocycles. The molecule has 5 aromatic carbocycles. The summed E-state index contributed by atoms with van der Waals surface area (Å²) in [5.74, 6) is -0.331. The van der Waals surface area contributed by atoms with Crippen molar-refractivity contribution in [1.82, 2.24) is 0 Å². The lowest BCUT2D eigenvalue weighted by atomic mass is 10.1. The van der Waals surface area contributed by atoms with Crippen LogP contribution < -0.4 is 29.3 Å². The van der Waals surface area contributed by atoms with E-state index in [4.69, 9.17) is 28.4 Å². The van der Waals surface area contributed by atoms with Gasteiger partial charge >= 0.3 is 0 Å². The molecule has 9 rings (SSSR count). The number of carbonyl (C=O) groups is 4. The Morgan fingerprint density at radius 1 is 0.671 bits per heavy atom. The first-order chi connectivity index (χ1) is 36.5. The van der Waals surface area contributed by atoms with Crippen LogP contribution in [0, 0.1) is 6.92 Å². The van der Waals surface area contributed by atoms with Crippen LogP contribution in [0.1, 0.15) is 74.7 Å². The van der Waals surface area contributed by atoms with E-state index in [-0.39, 0.29) is 85.1 Å². The monoisotopic (exact) mass is 1110 g/mol. The third kappa shape index (κ3) is 11.3. The van der Waals surface area contributed by atoms with Crippen LogP contribution in [0.5, 0.6) is 17.2 Å². The largest absolute Gasteiger partial charge is 0.493 e.